The number of methoxy groups -OCH3 is 1. The van der Waals surface area contributed by atoms with Gasteiger partial charge in [-0.15, -0.1) is 0 Å². The average molecular weight is 240 g/mol. The summed E-state index contributed by atoms with van der Waals surface area (Å²) in [5, 5.41) is 0. The third-order valence-electron chi connectivity index (χ3n) is 2.64. The molecule has 18 heavy (non-hydrogen) atoms. The molecular formula is C15H16N2O. The van der Waals surface area contributed by atoms with Gasteiger partial charge in [-0.2, -0.15) is 0 Å². The zero-order valence-electron chi connectivity index (χ0n) is 10.3. The number of nitrogens with two attached hydrogens (primary N) is 1. The Morgan fingerprint density at radius 3 is 2.61 bits per heavy atom. The van der Waals surface area contributed by atoms with E-state index in [1.165, 1.54) is 0 Å². The van der Waals surface area contributed by atoms with Gasteiger partial charge in [-0.25, -0.2) is 0 Å². The minimum atomic E-state index is 0.526. The fourth-order valence-electron chi connectivity index (χ4n) is 1.63. The Kier molecular flexibility index (Phi) is 3.97. The Bertz CT molecular complexity index is 535. The Hall–Kier alpha value is -2.29. The molecule has 0 unspecified atom stereocenters. The average Bonchev–Trinajstić information content (AvgIpc) is 2.46. The number of ether oxygens (including phenoxy) is 1. The van der Waals surface area contributed by atoms with Crippen molar-refractivity contribution >= 4 is 5.84 Å². The Morgan fingerprint density at radius 2 is 1.89 bits per heavy atom. The fraction of sp³-hybridized carbons (Fsp3) is 0.133. The third kappa shape index (κ3) is 3.10. The summed E-state index contributed by atoms with van der Waals surface area (Å²) in [5.41, 5.74) is 7.98. The smallest absolute Gasteiger partial charge is 0.126 e. The van der Waals surface area contributed by atoms with Crippen molar-refractivity contribution in [2.24, 2.45) is 10.7 Å². The molecule has 3 heteroatoms. The van der Waals surface area contributed by atoms with E-state index in [2.05, 4.69) is 4.99 Å². The van der Waals surface area contributed by atoms with Crippen LogP contribution in [0.25, 0.3) is 0 Å². The molecule has 0 aliphatic heterocycles. The highest BCUT2D eigenvalue weighted by atomic mass is 16.5. The van der Waals surface area contributed by atoms with Gasteiger partial charge in [0.15, 0.2) is 0 Å². The van der Waals surface area contributed by atoms with E-state index < -0.39 is 0 Å². The van der Waals surface area contributed by atoms with Crippen molar-refractivity contribution in [1.82, 2.24) is 0 Å². The van der Waals surface area contributed by atoms with E-state index in [9.17, 15) is 0 Å². The quantitative estimate of drug-likeness (QED) is 0.659. The van der Waals surface area contributed by atoms with Crippen molar-refractivity contribution in [3.63, 3.8) is 0 Å². The number of amidine groups is 1. The van der Waals surface area contributed by atoms with Crippen LogP contribution in [0.5, 0.6) is 5.75 Å². The molecular weight excluding hydrogens is 224 g/mol. The highest BCUT2D eigenvalue weighted by Gasteiger charge is 2.00. The van der Waals surface area contributed by atoms with Gasteiger partial charge in [0.2, 0.25) is 0 Å². The Labute approximate surface area is 107 Å². The number of benzene rings is 2. The molecule has 0 amide bonds. The van der Waals surface area contributed by atoms with Gasteiger partial charge in [0, 0.05) is 5.56 Å². The number of nitrogens with zero attached hydrogens (tertiary/aromatic N) is 1. The molecule has 3 nitrogen and oxygen atoms in total. The molecule has 0 atom stereocenters. The maximum Gasteiger partial charge on any atom is 0.126 e. The van der Waals surface area contributed by atoms with Gasteiger partial charge in [0.05, 0.1) is 13.7 Å². The van der Waals surface area contributed by atoms with Crippen LogP contribution < -0.4 is 10.5 Å². The van der Waals surface area contributed by atoms with Crippen LogP contribution in [0.2, 0.25) is 0 Å². The van der Waals surface area contributed by atoms with Crippen LogP contribution in [0.15, 0.2) is 59.6 Å². The lowest BCUT2D eigenvalue weighted by Crippen LogP contribution is -2.13. The maximum absolute atomic E-state index is 5.96. The van der Waals surface area contributed by atoms with Gasteiger partial charge in [-0.3, -0.25) is 4.99 Å². The standard InChI is InChI=1S/C15H16N2O/c1-18-14-9-5-8-13(10-14)15(16)17-11-12-6-3-2-4-7-12/h2-10H,11H2,1H3,(H2,16,17). The Balaban J connectivity index is 2.12. The third-order valence-corrected chi connectivity index (χ3v) is 2.64. The predicted octanol–water partition coefficient (Wildman–Crippen LogP) is 2.60. The van der Waals surface area contributed by atoms with Crippen molar-refractivity contribution in [1.29, 1.82) is 0 Å². The van der Waals surface area contributed by atoms with Crippen molar-refractivity contribution < 1.29 is 4.74 Å². The van der Waals surface area contributed by atoms with E-state index in [1.807, 2.05) is 54.6 Å². The van der Waals surface area contributed by atoms with Crippen molar-refractivity contribution in [3.05, 3.63) is 65.7 Å². The first-order chi connectivity index (χ1) is 8.79. The van der Waals surface area contributed by atoms with E-state index in [0.717, 1.165) is 16.9 Å². The first-order valence-corrected chi connectivity index (χ1v) is 5.78. The van der Waals surface area contributed by atoms with Crippen LogP contribution in [-0.2, 0) is 6.54 Å². The molecule has 2 rings (SSSR count). The monoisotopic (exact) mass is 240 g/mol. The summed E-state index contributed by atoms with van der Waals surface area (Å²) in [7, 11) is 1.64. The normalized spacial score (nSPS) is 11.3. The van der Waals surface area contributed by atoms with Crippen LogP contribution in [-0.4, -0.2) is 12.9 Å². The van der Waals surface area contributed by atoms with Crippen LogP contribution in [0.1, 0.15) is 11.1 Å². The molecule has 0 saturated heterocycles. The van der Waals surface area contributed by atoms with E-state index in [-0.39, 0.29) is 0 Å². The molecule has 0 aromatic heterocycles. The molecule has 0 radical (unpaired) electrons. The lowest BCUT2D eigenvalue weighted by Gasteiger charge is -2.04. The summed E-state index contributed by atoms with van der Waals surface area (Å²) in [4.78, 5) is 4.38. The molecule has 0 heterocycles. The molecule has 0 spiro atoms. The second kappa shape index (κ2) is 5.87. The van der Waals surface area contributed by atoms with Crippen LogP contribution in [0.3, 0.4) is 0 Å². The van der Waals surface area contributed by atoms with Gasteiger partial charge in [-0.1, -0.05) is 42.5 Å². The second-order valence-electron chi connectivity index (χ2n) is 3.92. The summed E-state index contributed by atoms with van der Waals surface area (Å²) in [6.07, 6.45) is 0. The zero-order chi connectivity index (χ0) is 12.8. The van der Waals surface area contributed by atoms with Gasteiger partial charge in [-0.05, 0) is 17.7 Å². The van der Waals surface area contributed by atoms with Gasteiger partial charge >= 0.3 is 0 Å². The highest BCUT2D eigenvalue weighted by Crippen LogP contribution is 2.12. The van der Waals surface area contributed by atoms with Gasteiger partial charge in [0.25, 0.3) is 0 Å². The fourth-order valence-corrected chi connectivity index (χ4v) is 1.63. The molecule has 2 aromatic rings. The number of hydrogen-bond donors (Lipinski definition) is 1. The van der Waals surface area contributed by atoms with Crippen molar-refractivity contribution in [2.75, 3.05) is 7.11 Å². The molecule has 0 aliphatic carbocycles. The molecule has 0 aliphatic rings. The topological polar surface area (TPSA) is 47.6 Å². The summed E-state index contributed by atoms with van der Waals surface area (Å²) in [5.74, 6) is 1.31. The van der Waals surface area contributed by atoms with Gasteiger partial charge < -0.3 is 10.5 Å². The molecule has 2 N–H and O–H groups in total. The lowest BCUT2D eigenvalue weighted by atomic mass is 10.2. The van der Waals surface area contributed by atoms with E-state index in [0.29, 0.717) is 12.4 Å². The SMILES string of the molecule is COc1cccc(C(N)=NCc2ccccc2)c1. The second-order valence-corrected chi connectivity index (χ2v) is 3.92. The lowest BCUT2D eigenvalue weighted by molar-refractivity contribution is 0.414. The molecule has 2 aromatic carbocycles. The zero-order valence-corrected chi connectivity index (χ0v) is 10.3. The van der Waals surface area contributed by atoms with Crippen molar-refractivity contribution in [3.8, 4) is 5.75 Å². The predicted molar refractivity (Wildman–Crippen MR) is 73.9 cm³/mol. The minimum Gasteiger partial charge on any atom is -0.497 e. The summed E-state index contributed by atoms with van der Waals surface area (Å²) < 4.78 is 5.16. The maximum atomic E-state index is 5.96. The van der Waals surface area contributed by atoms with Crippen molar-refractivity contribution in [2.45, 2.75) is 6.54 Å². The van der Waals surface area contributed by atoms with Crippen LogP contribution >= 0.6 is 0 Å². The van der Waals surface area contributed by atoms with E-state index in [1.54, 1.807) is 7.11 Å². The highest BCUT2D eigenvalue weighted by molar-refractivity contribution is 5.97. The number of hydrogen-bond acceptors (Lipinski definition) is 2. The summed E-state index contributed by atoms with van der Waals surface area (Å²) >= 11 is 0. The van der Waals surface area contributed by atoms with Crippen LogP contribution in [0, 0.1) is 0 Å². The first-order valence-electron chi connectivity index (χ1n) is 5.78. The van der Waals surface area contributed by atoms with E-state index >= 15 is 0 Å². The van der Waals surface area contributed by atoms with E-state index in [4.69, 9.17) is 10.5 Å². The molecule has 0 bridgehead atoms. The number of rotatable bonds is 4. The summed E-state index contributed by atoms with van der Waals surface area (Å²) in [6, 6.07) is 17.6. The molecule has 0 fully saturated rings. The largest absolute Gasteiger partial charge is 0.497 e. The molecule has 0 saturated carbocycles. The number of aliphatic imine (C=N–C) groups is 1. The van der Waals surface area contributed by atoms with Gasteiger partial charge in [0.1, 0.15) is 11.6 Å². The summed E-state index contributed by atoms with van der Waals surface area (Å²) in [6.45, 7) is 0.587. The van der Waals surface area contributed by atoms with Crippen LogP contribution in [0.4, 0.5) is 0 Å². The Morgan fingerprint density at radius 1 is 1.11 bits per heavy atom. The minimum absolute atomic E-state index is 0.526. The first kappa shape index (κ1) is 12.2. The molecule has 92 valence electrons.